The summed E-state index contributed by atoms with van der Waals surface area (Å²) < 4.78 is 0. The molecule has 0 saturated carbocycles. The maximum Gasteiger partial charge on any atom is 0.236 e. The molecule has 1 rings (SSSR count). The van der Waals surface area contributed by atoms with Crippen LogP contribution in [0, 0.1) is 5.41 Å². The van der Waals surface area contributed by atoms with E-state index in [1.165, 1.54) is 0 Å². The summed E-state index contributed by atoms with van der Waals surface area (Å²) in [5.74, 6) is -0.112. The van der Waals surface area contributed by atoms with Crippen LogP contribution < -0.4 is 5.73 Å². The van der Waals surface area contributed by atoms with Crippen LogP contribution in [0.15, 0.2) is 5.16 Å². The Hall–Kier alpha value is -1.30. The minimum Gasteiger partial charge on any atom is -0.409 e. The van der Waals surface area contributed by atoms with Crippen LogP contribution >= 0.6 is 0 Å². The molecule has 1 aliphatic heterocycles. The second-order valence-electron chi connectivity index (χ2n) is 5.33. The third kappa shape index (κ3) is 3.18. The number of aliphatic hydroxyl groups is 1. The minimum absolute atomic E-state index is 0.0344. The monoisotopic (exact) mass is 271 g/mol. The van der Waals surface area contributed by atoms with Crippen LogP contribution in [0.25, 0.3) is 0 Å². The maximum atomic E-state index is 12.7. The predicted molar refractivity (Wildman–Crippen MR) is 72.9 cm³/mol. The lowest BCUT2D eigenvalue weighted by Gasteiger charge is -2.34. The number of nitrogens with two attached hydrogens (primary N) is 1. The van der Waals surface area contributed by atoms with E-state index in [0.717, 1.165) is 19.3 Å². The molecule has 6 nitrogen and oxygen atoms in total. The Kier molecular flexibility index (Phi) is 5.60. The molecule has 19 heavy (non-hydrogen) atoms. The van der Waals surface area contributed by atoms with Gasteiger partial charge in [-0.05, 0) is 39.0 Å². The number of likely N-dealkylation sites (tertiary alicyclic amines) is 1. The van der Waals surface area contributed by atoms with Gasteiger partial charge in [-0.3, -0.25) is 4.79 Å². The first-order chi connectivity index (χ1) is 9.01. The minimum atomic E-state index is -0.948. The van der Waals surface area contributed by atoms with Crippen molar-refractivity contribution < 1.29 is 15.1 Å². The van der Waals surface area contributed by atoms with Gasteiger partial charge in [-0.1, -0.05) is 12.1 Å². The lowest BCUT2D eigenvalue weighted by atomic mass is 9.84. The largest absolute Gasteiger partial charge is 0.409 e. The first kappa shape index (κ1) is 15.8. The van der Waals surface area contributed by atoms with Gasteiger partial charge in [0.05, 0.1) is 0 Å². The lowest BCUT2D eigenvalue weighted by molar-refractivity contribution is -0.139. The average molecular weight is 271 g/mol. The summed E-state index contributed by atoms with van der Waals surface area (Å²) in [6, 6.07) is 0.164. The molecule has 0 aromatic heterocycles. The zero-order chi connectivity index (χ0) is 14.5. The summed E-state index contributed by atoms with van der Waals surface area (Å²) in [6.45, 7) is 4.42. The molecule has 1 heterocycles. The molecule has 0 radical (unpaired) electrons. The van der Waals surface area contributed by atoms with Gasteiger partial charge >= 0.3 is 0 Å². The molecule has 110 valence electrons. The van der Waals surface area contributed by atoms with E-state index in [0.29, 0.717) is 19.4 Å². The number of aliphatic hydroxyl groups excluding tert-OH is 1. The topological polar surface area (TPSA) is 99.2 Å². The van der Waals surface area contributed by atoms with Crippen LogP contribution in [0.1, 0.15) is 46.0 Å². The number of hydrogen-bond donors (Lipinski definition) is 3. The van der Waals surface area contributed by atoms with Crippen LogP contribution in [0.5, 0.6) is 0 Å². The number of carbonyl (C=O) groups is 1. The van der Waals surface area contributed by atoms with Gasteiger partial charge in [-0.15, -0.1) is 0 Å². The molecule has 2 unspecified atom stereocenters. The number of amidine groups is 1. The van der Waals surface area contributed by atoms with E-state index >= 15 is 0 Å². The first-order valence-corrected chi connectivity index (χ1v) is 6.91. The molecule has 6 heteroatoms. The fourth-order valence-corrected chi connectivity index (χ4v) is 2.60. The highest BCUT2D eigenvalue weighted by Crippen LogP contribution is 2.30. The van der Waals surface area contributed by atoms with Gasteiger partial charge in [-0.2, -0.15) is 0 Å². The van der Waals surface area contributed by atoms with Crippen molar-refractivity contribution >= 4 is 11.7 Å². The number of amides is 1. The number of rotatable bonds is 6. The number of carbonyl (C=O) groups excluding carboxylic acids is 1. The fourth-order valence-electron chi connectivity index (χ4n) is 2.60. The van der Waals surface area contributed by atoms with Gasteiger partial charge < -0.3 is 20.9 Å². The third-order valence-corrected chi connectivity index (χ3v) is 4.19. The summed E-state index contributed by atoms with van der Waals surface area (Å²) in [5, 5.41) is 20.8. The quantitative estimate of drug-likeness (QED) is 0.289. The molecule has 1 aliphatic rings. The van der Waals surface area contributed by atoms with E-state index in [2.05, 4.69) is 5.16 Å². The summed E-state index contributed by atoms with van der Waals surface area (Å²) in [6.07, 6.45) is 3.92. The smallest absolute Gasteiger partial charge is 0.236 e. The van der Waals surface area contributed by atoms with Crippen LogP contribution in [0.3, 0.4) is 0 Å². The molecule has 1 saturated heterocycles. The molecule has 0 bridgehead atoms. The van der Waals surface area contributed by atoms with Crippen molar-refractivity contribution in [3.63, 3.8) is 0 Å². The molecule has 1 amide bonds. The second-order valence-corrected chi connectivity index (χ2v) is 5.33. The van der Waals surface area contributed by atoms with Gasteiger partial charge in [0.15, 0.2) is 5.84 Å². The molecule has 4 N–H and O–H groups in total. The third-order valence-electron chi connectivity index (χ3n) is 4.19. The molecule has 0 aromatic rings. The van der Waals surface area contributed by atoms with E-state index in [1.54, 1.807) is 6.92 Å². The van der Waals surface area contributed by atoms with E-state index in [1.807, 2.05) is 11.8 Å². The van der Waals surface area contributed by atoms with E-state index in [4.69, 9.17) is 16.0 Å². The highest BCUT2D eigenvalue weighted by Gasteiger charge is 2.42. The van der Waals surface area contributed by atoms with Crippen LogP contribution in [0.2, 0.25) is 0 Å². The van der Waals surface area contributed by atoms with Gasteiger partial charge in [0, 0.05) is 19.2 Å². The summed E-state index contributed by atoms with van der Waals surface area (Å²) in [4.78, 5) is 14.5. The summed E-state index contributed by atoms with van der Waals surface area (Å²) in [5.41, 5.74) is 4.74. The highest BCUT2D eigenvalue weighted by atomic mass is 16.4. The van der Waals surface area contributed by atoms with Crippen molar-refractivity contribution in [2.24, 2.45) is 16.3 Å². The van der Waals surface area contributed by atoms with Crippen LogP contribution in [0.4, 0.5) is 0 Å². The Balaban J connectivity index is 2.85. The van der Waals surface area contributed by atoms with Crippen LogP contribution in [-0.4, -0.2) is 46.1 Å². The molecule has 0 aromatic carbocycles. The van der Waals surface area contributed by atoms with Gasteiger partial charge in [0.25, 0.3) is 0 Å². The first-order valence-electron chi connectivity index (χ1n) is 6.91. The van der Waals surface area contributed by atoms with E-state index < -0.39 is 5.41 Å². The normalized spacial score (nSPS) is 23.4. The number of nitrogens with zero attached hydrogens (tertiary/aromatic N) is 2. The highest BCUT2D eigenvalue weighted by molar-refractivity contribution is 6.06. The predicted octanol–water partition coefficient (Wildman–Crippen LogP) is 0.913. The Bertz CT molecular complexity index is 346. The Morgan fingerprint density at radius 2 is 2.26 bits per heavy atom. The fraction of sp³-hybridized carbons (Fsp3) is 0.846. The van der Waals surface area contributed by atoms with Gasteiger partial charge in [0.2, 0.25) is 5.91 Å². The number of oxime groups is 1. The molecule has 0 spiro atoms. The van der Waals surface area contributed by atoms with Crippen molar-refractivity contribution in [1.82, 2.24) is 4.90 Å². The van der Waals surface area contributed by atoms with Crippen molar-refractivity contribution in [1.29, 1.82) is 0 Å². The number of hydrogen-bond acceptors (Lipinski definition) is 4. The van der Waals surface area contributed by atoms with E-state index in [-0.39, 0.29) is 24.4 Å². The lowest BCUT2D eigenvalue weighted by Crippen LogP contribution is -2.50. The van der Waals surface area contributed by atoms with Crippen molar-refractivity contribution in [2.45, 2.75) is 52.0 Å². The molecule has 2 atom stereocenters. The summed E-state index contributed by atoms with van der Waals surface area (Å²) >= 11 is 0. The van der Waals surface area contributed by atoms with Gasteiger partial charge in [-0.25, -0.2) is 0 Å². The SMILES string of the molecule is CCC(C)(C(=O)N1CCCC1CCCO)C(N)=NO. The average Bonchev–Trinajstić information content (AvgIpc) is 2.90. The van der Waals surface area contributed by atoms with Gasteiger partial charge in [0.1, 0.15) is 5.41 Å². The zero-order valence-electron chi connectivity index (χ0n) is 11.8. The molecular weight excluding hydrogens is 246 g/mol. The zero-order valence-corrected chi connectivity index (χ0v) is 11.8. The Labute approximate surface area is 114 Å². The van der Waals surface area contributed by atoms with Crippen LogP contribution in [-0.2, 0) is 4.79 Å². The Morgan fingerprint density at radius 1 is 1.58 bits per heavy atom. The molecular formula is C13H25N3O3. The van der Waals surface area contributed by atoms with E-state index in [9.17, 15) is 4.79 Å². The standard InChI is InChI=1S/C13H25N3O3/c1-3-13(2,11(14)15-19)12(18)16-8-4-6-10(16)7-5-9-17/h10,17,19H,3-9H2,1-2H3,(H2,14,15). The van der Waals surface area contributed by atoms with Crippen molar-refractivity contribution in [3.8, 4) is 0 Å². The Morgan fingerprint density at radius 3 is 2.79 bits per heavy atom. The van der Waals surface area contributed by atoms with Crippen molar-refractivity contribution in [2.75, 3.05) is 13.2 Å². The van der Waals surface area contributed by atoms with Crippen molar-refractivity contribution in [3.05, 3.63) is 0 Å². The summed E-state index contributed by atoms with van der Waals surface area (Å²) in [7, 11) is 0. The maximum absolute atomic E-state index is 12.7. The second kappa shape index (κ2) is 6.75. The molecule has 0 aliphatic carbocycles. The molecule has 1 fully saturated rings.